The van der Waals surface area contributed by atoms with E-state index < -0.39 is 27.2 Å². The van der Waals surface area contributed by atoms with Gasteiger partial charge in [-0.1, -0.05) is 30.9 Å². The van der Waals surface area contributed by atoms with E-state index >= 15 is 0 Å². The summed E-state index contributed by atoms with van der Waals surface area (Å²) in [6.07, 6.45) is -4.33. The number of nitrogens with one attached hydrogen (secondary N) is 1. The zero-order valence-corrected chi connectivity index (χ0v) is 21.3. The smallest absolute Gasteiger partial charge is 0.416 e. The molecule has 3 aromatic rings. The van der Waals surface area contributed by atoms with E-state index in [1.807, 2.05) is 0 Å². The molecule has 37 heavy (non-hydrogen) atoms. The van der Waals surface area contributed by atoms with Gasteiger partial charge in [0, 0.05) is 11.3 Å². The summed E-state index contributed by atoms with van der Waals surface area (Å²) in [5, 5.41) is 2.78. The van der Waals surface area contributed by atoms with Crippen LogP contribution < -0.4 is 10.1 Å². The van der Waals surface area contributed by atoms with E-state index in [1.54, 1.807) is 57.2 Å². The summed E-state index contributed by atoms with van der Waals surface area (Å²) in [6, 6.07) is 17.5. The van der Waals surface area contributed by atoms with E-state index in [4.69, 9.17) is 4.74 Å². The van der Waals surface area contributed by atoms with E-state index in [1.165, 1.54) is 24.3 Å². The molecular weight excluding hydrogens is 503 g/mol. The van der Waals surface area contributed by atoms with Crippen LogP contribution in [0.2, 0.25) is 0 Å². The van der Waals surface area contributed by atoms with Crippen LogP contribution in [-0.2, 0) is 27.2 Å². The van der Waals surface area contributed by atoms with Crippen LogP contribution in [0.1, 0.15) is 37.5 Å². The number of amides is 1. The molecule has 0 aliphatic heterocycles. The summed E-state index contributed by atoms with van der Waals surface area (Å²) >= 11 is 0. The number of carbonyl (C=O) groups excluding carboxylic acids is 1. The quantitative estimate of drug-likeness (QED) is 0.388. The minimum Gasteiger partial charge on any atom is -0.475 e. The number of alkyl halides is 3. The van der Waals surface area contributed by atoms with Gasteiger partial charge in [-0.05, 0) is 80.1 Å². The summed E-state index contributed by atoms with van der Waals surface area (Å²) in [5.41, 5.74) is 0.205. The zero-order chi connectivity index (χ0) is 27.3. The maximum atomic E-state index is 12.7. The van der Waals surface area contributed by atoms with Crippen molar-refractivity contribution in [2.75, 3.05) is 11.1 Å². The Morgan fingerprint density at radius 2 is 1.51 bits per heavy atom. The molecule has 0 unspecified atom stereocenters. The highest BCUT2D eigenvalue weighted by molar-refractivity contribution is 7.91. The van der Waals surface area contributed by atoms with Crippen molar-refractivity contribution < 1.29 is 31.1 Å². The predicted molar refractivity (Wildman–Crippen MR) is 136 cm³/mol. The molecule has 0 spiro atoms. The van der Waals surface area contributed by atoms with Gasteiger partial charge in [-0.25, -0.2) is 8.42 Å². The average molecular weight is 530 g/mol. The van der Waals surface area contributed by atoms with Crippen LogP contribution in [0.4, 0.5) is 18.9 Å². The van der Waals surface area contributed by atoms with Crippen molar-refractivity contribution in [3.05, 3.63) is 89.5 Å². The second-order valence-electron chi connectivity index (χ2n) is 8.73. The molecule has 1 amide bonds. The summed E-state index contributed by atoms with van der Waals surface area (Å²) in [5.74, 6) is 5.95. The Hall–Kier alpha value is -3.77. The van der Waals surface area contributed by atoms with Crippen LogP contribution >= 0.6 is 0 Å². The fraction of sp³-hybridized carbons (Fsp3) is 0.250. The standard InChI is InChI=1S/C28H26F3NO4S/c1-4-37(34,35)25-15-7-21(8-16-25)19-26(33)32-23-11-5-20(6-12-23)17-18-27(2,3)36-24-13-9-22(10-14-24)28(29,30)31/h5-16H,4,19H2,1-3H3,(H,32,33). The van der Waals surface area contributed by atoms with Crippen LogP contribution in [0.25, 0.3) is 0 Å². The molecule has 3 rings (SSSR count). The number of hydrogen-bond donors (Lipinski definition) is 1. The number of hydrogen-bond acceptors (Lipinski definition) is 4. The van der Waals surface area contributed by atoms with Crippen LogP contribution in [0.5, 0.6) is 5.75 Å². The first-order valence-corrected chi connectivity index (χ1v) is 13.0. The molecule has 0 aliphatic carbocycles. The minimum absolute atomic E-state index is 0.0108. The van der Waals surface area contributed by atoms with Gasteiger partial charge in [0.15, 0.2) is 15.4 Å². The first-order chi connectivity index (χ1) is 17.3. The van der Waals surface area contributed by atoms with Gasteiger partial charge in [-0.2, -0.15) is 13.2 Å². The summed E-state index contributed by atoms with van der Waals surface area (Å²) in [6.45, 7) is 4.98. The van der Waals surface area contributed by atoms with Gasteiger partial charge >= 0.3 is 6.18 Å². The molecule has 5 nitrogen and oxygen atoms in total. The normalized spacial score (nSPS) is 11.8. The number of carbonyl (C=O) groups is 1. The molecule has 0 atom stereocenters. The first-order valence-electron chi connectivity index (χ1n) is 11.4. The van der Waals surface area contributed by atoms with Gasteiger partial charge in [0.2, 0.25) is 5.91 Å². The largest absolute Gasteiger partial charge is 0.475 e. The van der Waals surface area contributed by atoms with E-state index in [0.717, 1.165) is 12.1 Å². The Kier molecular flexibility index (Phi) is 8.34. The number of halogens is 3. The number of ether oxygens (including phenoxy) is 1. The monoisotopic (exact) mass is 529 g/mol. The highest BCUT2D eigenvalue weighted by atomic mass is 32.2. The molecule has 0 bridgehead atoms. The van der Waals surface area contributed by atoms with Crippen molar-refractivity contribution >= 4 is 21.4 Å². The molecule has 194 valence electrons. The molecule has 0 heterocycles. The van der Waals surface area contributed by atoms with Crippen LogP contribution in [0.15, 0.2) is 77.7 Å². The second kappa shape index (κ2) is 11.1. The highest BCUT2D eigenvalue weighted by Crippen LogP contribution is 2.31. The fourth-order valence-corrected chi connectivity index (χ4v) is 4.15. The molecule has 0 saturated heterocycles. The van der Waals surface area contributed by atoms with Crippen LogP contribution in [0.3, 0.4) is 0 Å². The summed E-state index contributed by atoms with van der Waals surface area (Å²) < 4.78 is 67.7. The third kappa shape index (κ3) is 8.12. The Morgan fingerprint density at radius 1 is 0.919 bits per heavy atom. The van der Waals surface area contributed by atoms with Crippen molar-refractivity contribution in [1.29, 1.82) is 0 Å². The number of sulfone groups is 1. The third-order valence-electron chi connectivity index (χ3n) is 5.26. The summed E-state index contributed by atoms with van der Waals surface area (Å²) in [4.78, 5) is 12.6. The number of anilines is 1. The van der Waals surface area contributed by atoms with Gasteiger partial charge in [0.1, 0.15) is 5.75 Å². The SMILES string of the molecule is CCS(=O)(=O)c1ccc(CC(=O)Nc2ccc(C#CC(C)(C)Oc3ccc(C(F)(F)F)cc3)cc2)cc1. The topological polar surface area (TPSA) is 72.5 Å². The molecule has 1 N–H and O–H groups in total. The third-order valence-corrected chi connectivity index (χ3v) is 7.01. The van der Waals surface area contributed by atoms with E-state index in [2.05, 4.69) is 17.2 Å². The molecule has 0 radical (unpaired) electrons. The Labute approximate surface area is 214 Å². The predicted octanol–water partition coefficient (Wildman–Crippen LogP) is 5.89. The van der Waals surface area contributed by atoms with E-state index in [9.17, 15) is 26.4 Å². The average Bonchev–Trinajstić information content (AvgIpc) is 2.83. The van der Waals surface area contributed by atoms with Crippen molar-refractivity contribution in [2.45, 2.75) is 43.9 Å². The number of rotatable bonds is 7. The maximum Gasteiger partial charge on any atom is 0.416 e. The molecule has 0 aliphatic rings. The molecular formula is C28H26F3NO4S. The Bertz CT molecular complexity index is 1400. The van der Waals surface area contributed by atoms with Crippen molar-refractivity contribution in [2.24, 2.45) is 0 Å². The first kappa shape index (κ1) is 27.8. The molecule has 9 heteroatoms. The van der Waals surface area contributed by atoms with Gasteiger partial charge in [-0.3, -0.25) is 4.79 Å². The lowest BCUT2D eigenvalue weighted by atomic mass is 10.1. The Balaban J connectivity index is 1.57. The molecule has 0 fully saturated rings. The van der Waals surface area contributed by atoms with Crippen molar-refractivity contribution in [1.82, 2.24) is 0 Å². The van der Waals surface area contributed by atoms with Gasteiger partial charge < -0.3 is 10.1 Å². The van der Waals surface area contributed by atoms with Crippen molar-refractivity contribution in [3.8, 4) is 17.6 Å². The maximum absolute atomic E-state index is 12.7. The van der Waals surface area contributed by atoms with E-state index in [0.29, 0.717) is 16.8 Å². The zero-order valence-electron chi connectivity index (χ0n) is 20.5. The van der Waals surface area contributed by atoms with Gasteiger partial charge in [0.25, 0.3) is 0 Å². The van der Waals surface area contributed by atoms with Crippen LogP contribution in [-0.4, -0.2) is 25.7 Å². The van der Waals surface area contributed by atoms with Gasteiger partial charge in [-0.15, -0.1) is 0 Å². The fourth-order valence-electron chi connectivity index (χ4n) is 3.26. The lowest BCUT2D eigenvalue weighted by Crippen LogP contribution is -2.25. The lowest BCUT2D eigenvalue weighted by molar-refractivity contribution is -0.137. The number of benzene rings is 3. The Morgan fingerprint density at radius 3 is 2.05 bits per heavy atom. The van der Waals surface area contributed by atoms with E-state index in [-0.39, 0.29) is 28.7 Å². The molecule has 0 saturated carbocycles. The molecule has 3 aromatic carbocycles. The highest BCUT2D eigenvalue weighted by Gasteiger charge is 2.30. The van der Waals surface area contributed by atoms with Crippen molar-refractivity contribution in [3.63, 3.8) is 0 Å². The second-order valence-corrected chi connectivity index (χ2v) is 11.0. The summed E-state index contributed by atoms with van der Waals surface area (Å²) in [7, 11) is -3.29. The van der Waals surface area contributed by atoms with Crippen LogP contribution in [0, 0.1) is 11.8 Å². The lowest BCUT2D eigenvalue weighted by Gasteiger charge is -2.20. The molecule has 0 aromatic heterocycles. The van der Waals surface area contributed by atoms with Gasteiger partial charge in [0.05, 0.1) is 22.6 Å². The minimum atomic E-state index is -4.41.